The molecular weight excluding hydrogens is 370 g/mol. The van der Waals surface area contributed by atoms with Crippen LogP contribution in [0.25, 0.3) is 11.0 Å². The Labute approximate surface area is 167 Å². The first kappa shape index (κ1) is 18.5. The Morgan fingerprint density at radius 2 is 1.89 bits per heavy atom. The number of benzene rings is 2. The van der Waals surface area contributed by atoms with Gasteiger partial charge in [-0.1, -0.05) is 35.9 Å². The molecule has 0 bridgehead atoms. The number of phenols is 1. The maximum atomic E-state index is 12.1. The van der Waals surface area contributed by atoms with Crippen LogP contribution in [0.2, 0.25) is 0 Å². The van der Waals surface area contributed by atoms with Gasteiger partial charge in [0, 0.05) is 28.1 Å². The summed E-state index contributed by atoms with van der Waals surface area (Å²) in [4.78, 5) is 13.4. The fraction of sp³-hybridized carbons (Fsp3) is 0.174. The fourth-order valence-electron chi connectivity index (χ4n) is 3.49. The molecule has 0 aliphatic rings. The third-order valence-corrected chi connectivity index (χ3v) is 6.03. The van der Waals surface area contributed by atoms with Crippen molar-refractivity contribution in [1.29, 1.82) is 0 Å². The highest BCUT2D eigenvalue weighted by atomic mass is 32.1. The summed E-state index contributed by atoms with van der Waals surface area (Å²) in [6.07, 6.45) is 0. The Bertz CT molecular complexity index is 1160. The molecule has 3 N–H and O–H groups in total. The Morgan fingerprint density at radius 3 is 2.61 bits per heavy atom. The van der Waals surface area contributed by atoms with Crippen molar-refractivity contribution in [2.75, 3.05) is 0 Å². The number of nitrogens with two attached hydrogens (primary N) is 1. The quantitative estimate of drug-likeness (QED) is 0.504. The largest absolute Gasteiger partial charge is 0.508 e. The van der Waals surface area contributed by atoms with Gasteiger partial charge >= 0.3 is 5.63 Å². The number of aryl methyl sites for hydroxylation is 2. The molecule has 4 rings (SSSR count). The number of phenolic OH excluding ortho intramolecular Hbond substituents is 1. The molecule has 2 aromatic heterocycles. The van der Waals surface area contributed by atoms with Gasteiger partial charge in [0.15, 0.2) is 0 Å². The van der Waals surface area contributed by atoms with E-state index < -0.39 is 5.63 Å². The van der Waals surface area contributed by atoms with Gasteiger partial charge in [0.2, 0.25) is 0 Å². The summed E-state index contributed by atoms with van der Waals surface area (Å²) in [5, 5.41) is 15.1. The average molecular weight is 393 g/mol. The van der Waals surface area contributed by atoms with Crippen LogP contribution in [-0.4, -0.2) is 5.11 Å². The molecule has 2 aromatic carbocycles. The lowest BCUT2D eigenvalue weighted by Crippen LogP contribution is -2.83. The summed E-state index contributed by atoms with van der Waals surface area (Å²) in [7, 11) is 0. The van der Waals surface area contributed by atoms with E-state index in [9.17, 15) is 9.90 Å². The molecule has 0 saturated heterocycles. The van der Waals surface area contributed by atoms with E-state index in [4.69, 9.17) is 4.42 Å². The molecule has 142 valence electrons. The number of thiophene rings is 1. The molecular formula is C23H22NO3S+. The first-order valence-corrected chi connectivity index (χ1v) is 10.1. The fourth-order valence-corrected chi connectivity index (χ4v) is 4.34. The molecule has 0 fully saturated rings. The summed E-state index contributed by atoms with van der Waals surface area (Å²) in [5.41, 5.74) is 4.02. The second-order valence-electron chi connectivity index (χ2n) is 7.02. The first-order chi connectivity index (χ1) is 13.5. The predicted molar refractivity (Wildman–Crippen MR) is 112 cm³/mol. The van der Waals surface area contributed by atoms with Gasteiger partial charge < -0.3 is 14.8 Å². The van der Waals surface area contributed by atoms with E-state index in [2.05, 4.69) is 54.0 Å². The lowest BCUT2D eigenvalue weighted by atomic mass is 10.0. The number of fused-ring (bicyclic) bond motifs is 1. The molecule has 0 radical (unpaired) electrons. The molecule has 4 aromatic rings. The lowest BCUT2D eigenvalue weighted by molar-refractivity contribution is -0.701. The van der Waals surface area contributed by atoms with Crippen molar-refractivity contribution in [3.05, 3.63) is 97.5 Å². The monoisotopic (exact) mass is 392 g/mol. The van der Waals surface area contributed by atoms with E-state index in [1.807, 2.05) is 6.07 Å². The summed E-state index contributed by atoms with van der Waals surface area (Å²) >= 11 is 1.73. The highest BCUT2D eigenvalue weighted by molar-refractivity contribution is 7.10. The van der Waals surface area contributed by atoms with Gasteiger partial charge in [-0.3, -0.25) is 0 Å². The zero-order valence-electron chi connectivity index (χ0n) is 15.8. The van der Waals surface area contributed by atoms with Crippen molar-refractivity contribution in [2.24, 2.45) is 0 Å². The number of quaternary nitrogens is 1. The molecule has 5 heteroatoms. The van der Waals surface area contributed by atoms with Crippen LogP contribution in [-0.2, 0) is 6.54 Å². The SMILES string of the molecule is Cc1ccc([C@@H]([NH2+]Cc2cc(=O)oc3c(C)c(O)ccc23)c2cccs2)cc1. The van der Waals surface area contributed by atoms with Crippen molar-refractivity contribution in [3.63, 3.8) is 0 Å². The highest BCUT2D eigenvalue weighted by Crippen LogP contribution is 2.28. The molecule has 0 aliphatic carbocycles. The Hall–Kier alpha value is -2.89. The van der Waals surface area contributed by atoms with Gasteiger partial charge in [-0.25, -0.2) is 4.79 Å². The van der Waals surface area contributed by atoms with Crippen LogP contribution < -0.4 is 10.9 Å². The van der Waals surface area contributed by atoms with Gasteiger partial charge in [-0.2, -0.15) is 0 Å². The van der Waals surface area contributed by atoms with Crippen molar-refractivity contribution >= 4 is 22.3 Å². The third-order valence-electron chi connectivity index (χ3n) is 5.08. The molecule has 2 heterocycles. The first-order valence-electron chi connectivity index (χ1n) is 9.21. The number of hydrogen-bond acceptors (Lipinski definition) is 4. The lowest BCUT2D eigenvalue weighted by Gasteiger charge is -2.16. The van der Waals surface area contributed by atoms with Gasteiger partial charge in [0.05, 0.1) is 4.88 Å². The molecule has 0 amide bonds. The third kappa shape index (κ3) is 3.59. The van der Waals surface area contributed by atoms with Gasteiger partial charge in [-0.05, 0) is 37.4 Å². The molecule has 4 nitrogen and oxygen atoms in total. The molecule has 0 aliphatic heterocycles. The summed E-state index contributed by atoms with van der Waals surface area (Å²) in [6.45, 7) is 4.47. The Kier molecular flexibility index (Phi) is 5.03. The molecule has 0 saturated carbocycles. The van der Waals surface area contributed by atoms with E-state index in [-0.39, 0.29) is 11.8 Å². The standard InChI is InChI=1S/C23H21NO3S/c1-14-5-7-16(8-6-14)22(20-4-3-11-28-20)24-13-17-12-21(26)27-23-15(2)19(25)10-9-18(17)23/h3-12,22,24-25H,13H2,1-2H3/p+1/t22-/m1/s1. The average Bonchev–Trinajstić information content (AvgIpc) is 3.21. The van der Waals surface area contributed by atoms with Crippen LogP contribution >= 0.6 is 11.3 Å². The van der Waals surface area contributed by atoms with Crippen LogP contribution in [0.15, 0.2) is 69.2 Å². The maximum absolute atomic E-state index is 12.1. The summed E-state index contributed by atoms with van der Waals surface area (Å²) in [6, 6.07) is 18.0. The van der Waals surface area contributed by atoms with E-state index in [1.165, 1.54) is 16.0 Å². The van der Waals surface area contributed by atoms with E-state index in [0.717, 1.165) is 10.9 Å². The molecule has 1 atom stereocenters. The molecule has 0 spiro atoms. The van der Waals surface area contributed by atoms with Crippen LogP contribution in [0.3, 0.4) is 0 Å². The van der Waals surface area contributed by atoms with Crippen molar-refractivity contribution in [3.8, 4) is 5.75 Å². The topological polar surface area (TPSA) is 67.0 Å². The van der Waals surface area contributed by atoms with Crippen molar-refractivity contribution < 1.29 is 14.8 Å². The van der Waals surface area contributed by atoms with Crippen molar-refractivity contribution in [1.82, 2.24) is 0 Å². The van der Waals surface area contributed by atoms with E-state index in [0.29, 0.717) is 17.7 Å². The number of rotatable bonds is 5. The van der Waals surface area contributed by atoms with Gasteiger partial charge in [0.25, 0.3) is 0 Å². The normalized spacial score (nSPS) is 12.4. The van der Waals surface area contributed by atoms with Crippen LogP contribution in [0.4, 0.5) is 0 Å². The van der Waals surface area contributed by atoms with E-state index >= 15 is 0 Å². The van der Waals surface area contributed by atoms with Crippen LogP contribution in [0.1, 0.15) is 33.2 Å². The Morgan fingerprint density at radius 1 is 1.11 bits per heavy atom. The van der Waals surface area contributed by atoms with Gasteiger partial charge in [0.1, 0.15) is 23.9 Å². The second-order valence-corrected chi connectivity index (χ2v) is 8.00. The van der Waals surface area contributed by atoms with Crippen LogP contribution in [0, 0.1) is 13.8 Å². The minimum absolute atomic E-state index is 0.132. The minimum atomic E-state index is -0.396. The minimum Gasteiger partial charge on any atom is -0.508 e. The Balaban J connectivity index is 1.71. The zero-order valence-corrected chi connectivity index (χ0v) is 16.6. The smallest absolute Gasteiger partial charge is 0.336 e. The van der Waals surface area contributed by atoms with Gasteiger partial charge in [-0.15, -0.1) is 11.3 Å². The summed E-state index contributed by atoms with van der Waals surface area (Å²) in [5.74, 6) is 0.132. The number of hydrogen-bond donors (Lipinski definition) is 2. The molecule has 28 heavy (non-hydrogen) atoms. The zero-order chi connectivity index (χ0) is 19.7. The van der Waals surface area contributed by atoms with E-state index in [1.54, 1.807) is 30.4 Å². The highest BCUT2D eigenvalue weighted by Gasteiger charge is 2.20. The maximum Gasteiger partial charge on any atom is 0.336 e. The predicted octanol–water partition coefficient (Wildman–Crippen LogP) is 4.03. The molecule has 0 unspecified atom stereocenters. The van der Waals surface area contributed by atoms with Crippen molar-refractivity contribution in [2.45, 2.75) is 26.4 Å². The summed E-state index contributed by atoms with van der Waals surface area (Å²) < 4.78 is 5.36. The number of aromatic hydroxyl groups is 1. The second kappa shape index (κ2) is 7.62. The van der Waals surface area contributed by atoms with Crippen LogP contribution in [0.5, 0.6) is 5.75 Å².